The van der Waals surface area contributed by atoms with Gasteiger partial charge in [0.15, 0.2) is 0 Å². The number of amides is 1. The van der Waals surface area contributed by atoms with Gasteiger partial charge in [0.05, 0.1) is 0 Å². The quantitative estimate of drug-likeness (QED) is 0.748. The first-order chi connectivity index (χ1) is 6.49. The number of benzene rings is 1. The molecule has 0 unspecified atom stereocenters. The summed E-state index contributed by atoms with van der Waals surface area (Å²) in [6.45, 7) is 0. The summed E-state index contributed by atoms with van der Waals surface area (Å²) in [5.74, 6) is -0.364. The first kappa shape index (κ1) is 10.5. The van der Waals surface area contributed by atoms with Crippen molar-refractivity contribution in [1.82, 2.24) is 0 Å². The Kier molecular flexibility index (Phi) is 3.08. The van der Waals surface area contributed by atoms with E-state index in [0.717, 1.165) is 0 Å². The monoisotopic (exact) mass is 215 g/mol. The van der Waals surface area contributed by atoms with Crippen LogP contribution in [0.15, 0.2) is 30.3 Å². The molecular formula is C8H9NO4S. The minimum atomic E-state index is -3.91. The maximum atomic E-state index is 11.1. The molecule has 1 amide bonds. The van der Waals surface area contributed by atoms with Crippen molar-refractivity contribution in [2.75, 3.05) is 0 Å². The van der Waals surface area contributed by atoms with Crippen molar-refractivity contribution in [3.05, 3.63) is 35.9 Å². The van der Waals surface area contributed by atoms with Crippen LogP contribution in [0.3, 0.4) is 0 Å². The molecule has 0 atom stereocenters. The lowest BCUT2D eigenvalue weighted by molar-refractivity contribution is 0.212. The van der Waals surface area contributed by atoms with Gasteiger partial charge in [-0.05, 0) is 5.56 Å². The second kappa shape index (κ2) is 4.10. The number of primary amides is 1. The number of carbonyl (C=O) groups excluding carboxylic acids is 1. The molecule has 0 aliphatic carbocycles. The summed E-state index contributed by atoms with van der Waals surface area (Å²) in [7, 11) is -3.91. The SMILES string of the molecule is NC(=O)OS(=O)(=O)Cc1ccccc1. The highest BCUT2D eigenvalue weighted by Crippen LogP contribution is 2.06. The van der Waals surface area contributed by atoms with E-state index in [1.54, 1.807) is 30.3 Å². The van der Waals surface area contributed by atoms with Gasteiger partial charge < -0.3 is 9.92 Å². The minimum Gasteiger partial charge on any atom is -0.334 e. The fourth-order valence-electron chi connectivity index (χ4n) is 0.933. The molecule has 0 heterocycles. The first-order valence-electron chi connectivity index (χ1n) is 3.75. The zero-order valence-corrected chi connectivity index (χ0v) is 8.03. The van der Waals surface area contributed by atoms with E-state index in [2.05, 4.69) is 9.92 Å². The molecule has 2 N–H and O–H groups in total. The molecule has 0 spiro atoms. The molecule has 1 aromatic rings. The fourth-order valence-corrected chi connectivity index (χ4v) is 1.84. The van der Waals surface area contributed by atoms with Gasteiger partial charge in [-0.3, -0.25) is 0 Å². The maximum absolute atomic E-state index is 11.1. The summed E-state index contributed by atoms with van der Waals surface area (Å²) in [5, 5.41) is 0. The highest BCUT2D eigenvalue weighted by molar-refractivity contribution is 7.86. The fraction of sp³-hybridized carbons (Fsp3) is 0.125. The number of rotatable bonds is 3. The van der Waals surface area contributed by atoms with Crippen LogP contribution in [-0.2, 0) is 20.1 Å². The second-order valence-electron chi connectivity index (χ2n) is 2.59. The number of hydrogen-bond acceptors (Lipinski definition) is 4. The molecule has 76 valence electrons. The molecule has 0 saturated carbocycles. The van der Waals surface area contributed by atoms with Gasteiger partial charge in [0.1, 0.15) is 5.75 Å². The molecule has 1 aromatic carbocycles. The van der Waals surface area contributed by atoms with Crippen molar-refractivity contribution in [1.29, 1.82) is 0 Å². The van der Waals surface area contributed by atoms with Crippen molar-refractivity contribution in [2.24, 2.45) is 5.73 Å². The molecule has 14 heavy (non-hydrogen) atoms. The van der Waals surface area contributed by atoms with Gasteiger partial charge in [0.25, 0.3) is 0 Å². The summed E-state index contributed by atoms with van der Waals surface area (Å²) in [6, 6.07) is 8.36. The lowest BCUT2D eigenvalue weighted by atomic mass is 10.2. The van der Waals surface area contributed by atoms with Crippen molar-refractivity contribution in [2.45, 2.75) is 5.75 Å². The Morgan fingerprint density at radius 3 is 2.36 bits per heavy atom. The van der Waals surface area contributed by atoms with Crippen LogP contribution in [0.4, 0.5) is 4.79 Å². The highest BCUT2D eigenvalue weighted by atomic mass is 32.2. The van der Waals surface area contributed by atoms with E-state index in [-0.39, 0.29) is 5.75 Å². The zero-order valence-electron chi connectivity index (χ0n) is 7.21. The van der Waals surface area contributed by atoms with E-state index >= 15 is 0 Å². The standard InChI is InChI=1S/C8H9NO4S/c9-8(10)13-14(11,12)6-7-4-2-1-3-5-7/h1-5H,6H2,(H2,9,10). The van der Waals surface area contributed by atoms with Crippen LogP contribution in [0.1, 0.15) is 5.56 Å². The topological polar surface area (TPSA) is 86.5 Å². The molecule has 0 saturated heterocycles. The van der Waals surface area contributed by atoms with Gasteiger partial charge in [0, 0.05) is 0 Å². The van der Waals surface area contributed by atoms with Crippen LogP contribution in [-0.4, -0.2) is 14.5 Å². The van der Waals surface area contributed by atoms with Gasteiger partial charge in [-0.15, -0.1) is 0 Å². The average Bonchev–Trinajstić information content (AvgIpc) is 2.02. The molecule has 5 nitrogen and oxygen atoms in total. The van der Waals surface area contributed by atoms with Crippen LogP contribution in [0.2, 0.25) is 0 Å². The van der Waals surface area contributed by atoms with E-state index in [0.29, 0.717) is 5.56 Å². The Labute approximate surface area is 81.6 Å². The van der Waals surface area contributed by atoms with E-state index in [9.17, 15) is 13.2 Å². The van der Waals surface area contributed by atoms with E-state index in [1.165, 1.54) is 0 Å². The third kappa shape index (κ3) is 3.44. The normalized spacial score (nSPS) is 10.9. The van der Waals surface area contributed by atoms with Crippen molar-refractivity contribution in [3.8, 4) is 0 Å². The van der Waals surface area contributed by atoms with E-state index in [4.69, 9.17) is 0 Å². The largest absolute Gasteiger partial charge is 0.420 e. The molecule has 0 bridgehead atoms. The Bertz CT molecular complexity index is 412. The summed E-state index contributed by atoms with van der Waals surface area (Å²) in [6.07, 6.45) is -1.32. The van der Waals surface area contributed by atoms with E-state index < -0.39 is 16.2 Å². The molecule has 6 heteroatoms. The molecule has 0 radical (unpaired) electrons. The Morgan fingerprint density at radius 2 is 1.86 bits per heavy atom. The molecule has 0 aromatic heterocycles. The van der Waals surface area contributed by atoms with Crippen LogP contribution >= 0.6 is 0 Å². The maximum Gasteiger partial charge on any atom is 0.420 e. The summed E-state index contributed by atoms with van der Waals surface area (Å²) in [5.41, 5.74) is 5.13. The van der Waals surface area contributed by atoms with Gasteiger partial charge in [0.2, 0.25) is 0 Å². The predicted molar refractivity (Wildman–Crippen MR) is 49.7 cm³/mol. The van der Waals surface area contributed by atoms with Crippen molar-refractivity contribution < 1.29 is 17.4 Å². The molecular weight excluding hydrogens is 206 g/mol. The van der Waals surface area contributed by atoms with Gasteiger partial charge in [-0.25, -0.2) is 4.79 Å². The number of nitrogens with two attached hydrogens (primary N) is 1. The Hall–Kier alpha value is -1.56. The lowest BCUT2D eigenvalue weighted by Gasteiger charge is -2.02. The van der Waals surface area contributed by atoms with E-state index in [1.807, 2.05) is 0 Å². The summed E-state index contributed by atoms with van der Waals surface area (Å²) in [4.78, 5) is 10.2. The predicted octanol–water partition coefficient (Wildman–Crippen LogP) is 0.612. The minimum absolute atomic E-state index is 0.364. The second-order valence-corrected chi connectivity index (χ2v) is 4.16. The Balaban J connectivity index is 2.74. The van der Waals surface area contributed by atoms with Crippen LogP contribution in [0, 0.1) is 0 Å². The number of hydrogen-bond donors (Lipinski definition) is 1. The van der Waals surface area contributed by atoms with Crippen molar-refractivity contribution >= 4 is 16.2 Å². The zero-order chi connectivity index (χ0) is 10.6. The van der Waals surface area contributed by atoms with Gasteiger partial charge in [-0.1, -0.05) is 30.3 Å². The highest BCUT2D eigenvalue weighted by Gasteiger charge is 2.15. The average molecular weight is 215 g/mol. The van der Waals surface area contributed by atoms with Crippen LogP contribution in [0.25, 0.3) is 0 Å². The summed E-state index contributed by atoms with van der Waals surface area (Å²) >= 11 is 0. The molecule has 0 fully saturated rings. The third-order valence-electron chi connectivity index (χ3n) is 1.40. The smallest absolute Gasteiger partial charge is 0.334 e. The summed E-state index contributed by atoms with van der Waals surface area (Å²) < 4.78 is 26.1. The van der Waals surface area contributed by atoms with Crippen LogP contribution < -0.4 is 5.73 Å². The van der Waals surface area contributed by atoms with Gasteiger partial charge >= 0.3 is 16.2 Å². The molecule has 0 aliphatic rings. The third-order valence-corrected chi connectivity index (χ3v) is 2.50. The number of carbonyl (C=O) groups is 1. The molecule has 0 aliphatic heterocycles. The Morgan fingerprint density at radius 1 is 1.29 bits per heavy atom. The van der Waals surface area contributed by atoms with Crippen LogP contribution in [0.5, 0.6) is 0 Å². The lowest BCUT2D eigenvalue weighted by Crippen LogP contribution is -2.19. The first-order valence-corrected chi connectivity index (χ1v) is 5.33. The van der Waals surface area contributed by atoms with Gasteiger partial charge in [-0.2, -0.15) is 8.42 Å². The molecule has 1 rings (SSSR count). The van der Waals surface area contributed by atoms with Crippen molar-refractivity contribution in [3.63, 3.8) is 0 Å².